The van der Waals surface area contributed by atoms with Crippen molar-refractivity contribution in [3.8, 4) is 5.75 Å². The molecule has 2 aromatic rings. The molecule has 1 saturated carbocycles. The Kier molecular flexibility index (Phi) is 10.2. The van der Waals surface area contributed by atoms with Crippen LogP contribution in [-0.2, 0) is 31.3 Å². The van der Waals surface area contributed by atoms with Gasteiger partial charge < -0.3 is 14.4 Å². The molecule has 4 aliphatic rings. The number of rotatable bonds is 4. The number of ether oxygens (including phenoxy) is 2. The summed E-state index contributed by atoms with van der Waals surface area (Å²) in [6.07, 6.45) is 2.60. The Labute approximate surface area is 284 Å². The Morgan fingerprint density at radius 2 is 2.04 bits per heavy atom. The van der Waals surface area contributed by atoms with Crippen molar-refractivity contribution in [1.29, 1.82) is 0 Å². The van der Waals surface area contributed by atoms with Gasteiger partial charge in [0, 0.05) is 42.6 Å². The van der Waals surface area contributed by atoms with Crippen molar-refractivity contribution < 1.29 is 36.4 Å². The Bertz CT molecular complexity index is 1710. The SMILES string of the molecule is CO[C@H]1/C=C/CCCS(=O)(NC(=O)CCC(F)(F)F)=NC(=O)c2ccc3c(c2)N(C[C@@H]2CC[C@H]21)C[C@@]1(CCCc2cc(Cl)ccc21)CO3. The van der Waals surface area contributed by atoms with Crippen molar-refractivity contribution in [3.05, 3.63) is 70.3 Å². The Morgan fingerprint density at radius 1 is 1.21 bits per heavy atom. The number of allylic oxidation sites excluding steroid dienone is 1. The number of halogens is 4. The molecule has 6 rings (SSSR count). The summed E-state index contributed by atoms with van der Waals surface area (Å²) in [6.45, 7) is 1.80. The quantitative estimate of drug-likeness (QED) is 0.338. The second-order valence-corrected chi connectivity index (χ2v) is 16.0. The fraction of sp³-hybridized carbons (Fsp3) is 0.543. The summed E-state index contributed by atoms with van der Waals surface area (Å²) in [7, 11) is -2.03. The summed E-state index contributed by atoms with van der Waals surface area (Å²) in [5, 5.41) is 0.699. The number of hydrogen-bond donors (Lipinski definition) is 1. The van der Waals surface area contributed by atoms with Gasteiger partial charge in [-0.1, -0.05) is 29.8 Å². The molecular weight excluding hydrogens is 667 g/mol. The molecular formula is C35H41ClF3N3O5S. The van der Waals surface area contributed by atoms with Crippen LogP contribution in [0.4, 0.5) is 18.9 Å². The molecule has 2 heterocycles. The number of carbonyl (C=O) groups is 2. The lowest BCUT2D eigenvalue weighted by atomic mass is 9.68. The Balaban J connectivity index is 1.39. The van der Waals surface area contributed by atoms with Crippen LogP contribution in [0, 0.1) is 11.8 Å². The highest BCUT2D eigenvalue weighted by Crippen LogP contribution is 2.47. The van der Waals surface area contributed by atoms with Crippen LogP contribution in [-0.4, -0.2) is 60.9 Å². The third-order valence-electron chi connectivity index (χ3n) is 10.2. The van der Waals surface area contributed by atoms with E-state index in [-0.39, 0.29) is 35.2 Å². The van der Waals surface area contributed by atoms with E-state index in [9.17, 15) is 27.0 Å². The minimum Gasteiger partial charge on any atom is -0.490 e. The molecule has 0 radical (unpaired) electrons. The average molecular weight is 708 g/mol. The molecule has 2 bridgehead atoms. The van der Waals surface area contributed by atoms with Crippen molar-refractivity contribution >= 4 is 39.0 Å². The predicted molar refractivity (Wildman–Crippen MR) is 179 cm³/mol. The van der Waals surface area contributed by atoms with Gasteiger partial charge in [0.25, 0.3) is 5.91 Å². The van der Waals surface area contributed by atoms with E-state index in [0.29, 0.717) is 42.8 Å². The zero-order valence-corrected chi connectivity index (χ0v) is 28.5. The number of nitrogens with zero attached hydrogens (tertiary/aromatic N) is 2. The number of aryl methyl sites for hydroxylation is 1. The fourth-order valence-electron chi connectivity index (χ4n) is 7.60. The summed E-state index contributed by atoms with van der Waals surface area (Å²) >= 11 is 6.40. The number of hydrogen-bond acceptors (Lipinski definition) is 6. The monoisotopic (exact) mass is 707 g/mol. The molecule has 8 nitrogen and oxygen atoms in total. The number of carbonyl (C=O) groups excluding carboxylic acids is 2. The van der Waals surface area contributed by atoms with Gasteiger partial charge in [-0.15, -0.1) is 4.36 Å². The van der Waals surface area contributed by atoms with Crippen molar-refractivity contribution in [1.82, 2.24) is 4.72 Å². The van der Waals surface area contributed by atoms with Crippen LogP contribution in [0.15, 0.2) is 52.9 Å². The number of fused-ring (bicyclic) bond motifs is 4. The molecule has 2 aliphatic heterocycles. The lowest BCUT2D eigenvalue weighted by molar-refractivity contribution is -0.143. The molecule has 2 aliphatic carbocycles. The smallest absolute Gasteiger partial charge is 0.389 e. The van der Waals surface area contributed by atoms with Crippen LogP contribution in [0.1, 0.15) is 72.9 Å². The molecule has 1 unspecified atom stereocenters. The van der Waals surface area contributed by atoms with E-state index < -0.39 is 40.7 Å². The van der Waals surface area contributed by atoms with Gasteiger partial charge in [0.05, 0.1) is 30.6 Å². The minimum absolute atomic E-state index is 0.130. The standard InChI is InChI=1S/C35H41ClF3N3O5S/c1-46-30-7-3-2-4-17-48(45,40-32(43)14-16-35(37,38)39)41-33(44)24-9-13-31-29(19-24)42(20-25-8-11-27(25)30)21-34(22-47-31)15-5-6-23-18-26(36)10-12-28(23)34/h3,7,9-10,12-13,18-19,25,27,30H,2,4-6,8,11,14-17,20-22H2,1H3,(H,40,41,43,44,45)/b7-3+/t25-,27+,30-,34-,48?/m0/s1. The van der Waals surface area contributed by atoms with E-state index in [1.165, 1.54) is 11.1 Å². The van der Waals surface area contributed by atoms with E-state index in [1.54, 1.807) is 25.3 Å². The van der Waals surface area contributed by atoms with Crippen molar-refractivity contribution in [3.63, 3.8) is 0 Å². The van der Waals surface area contributed by atoms with Crippen molar-refractivity contribution in [2.45, 2.75) is 75.5 Å². The van der Waals surface area contributed by atoms with Gasteiger partial charge in [-0.25, -0.2) is 4.21 Å². The Hall–Kier alpha value is -3.09. The third kappa shape index (κ3) is 7.70. The van der Waals surface area contributed by atoms with Crippen molar-refractivity contribution in [2.75, 3.05) is 37.5 Å². The largest absolute Gasteiger partial charge is 0.490 e. The molecule has 48 heavy (non-hydrogen) atoms. The fourth-order valence-corrected chi connectivity index (χ4v) is 9.42. The average Bonchev–Trinajstić information content (AvgIpc) is 3.17. The van der Waals surface area contributed by atoms with Crippen LogP contribution in [0.25, 0.3) is 0 Å². The van der Waals surface area contributed by atoms with Gasteiger partial charge >= 0.3 is 6.18 Å². The van der Waals surface area contributed by atoms with Gasteiger partial charge in [0.1, 0.15) is 15.7 Å². The highest BCUT2D eigenvalue weighted by atomic mass is 35.5. The number of amides is 2. The molecule has 0 saturated heterocycles. The molecule has 1 spiro atoms. The number of nitrogens with one attached hydrogen (secondary N) is 1. The number of anilines is 1. The molecule has 1 fully saturated rings. The number of alkyl halides is 3. The molecule has 260 valence electrons. The Morgan fingerprint density at radius 3 is 2.79 bits per heavy atom. The maximum Gasteiger partial charge on any atom is 0.389 e. The summed E-state index contributed by atoms with van der Waals surface area (Å²) in [5.74, 6) is -0.868. The lowest BCUT2D eigenvalue weighted by Gasteiger charge is -2.46. The van der Waals surface area contributed by atoms with E-state index >= 15 is 0 Å². The molecule has 2 aromatic carbocycles. The van der Waals surface area contributed by atoms with Gasteiger partial charge in [-0.2, -0.15) is 13.2 Å². The second-order valence-electron chi connectivity index (χ2n) is 13.4. The van der Waals surface area contributed by atoms with Gasteiger partial charge in [-0.3, -0.25) is 14.3 Å². The lowest BCUT2D eigenvalue weighted by Crippen LogP contribution is -2.49. The maximum atomic E-state index is 13.9. The topological polar surface area (TPSA) is 97.3 Å². The molecule has 0 aromatic heterocycles. The van der Waals surface area contributed by atoms with Crippen LogP contribution in [0.3, 0.4) is 0 Å². The number of benzene rings is 2. The minimum atomic E-state index is -4.56. The van der Waals surface area contributed by atoms with Crippen LogP contribution < -0.4 is 14.4 Å². The highest BCUT2D eigenvalue weighted by Gasteiger charge is 2.44. The van der Waals surface area contributed by atoms with E-state index in [0.717, 1.165) is 37.8 Å². The van der Waals surface area contributed by atoms with E-state index in [2.05, 4.69) is 20.1 Å². The number of methoxy groups -OCH3 is 1. The molecule has 5 atom stereocenters. The predicted octanol–water partition coefficient (Wildman–Crippen LogP) is 7.19. The first-order valence-electron chi connectivity index (χ1n) is 16.5. The first-order chi connectivity index (χ1) is 22.9. The highest BCUT2D eigenvalue weighted by molar-refractivity contribution is 7.92. The van der Waals surface area contributed by atoms with Gasteiger partial charge in [-0.05, 0) is 98.2 Å². The first kappa shape index (κ1) is 34.8. The first-order valence-corrected chi connectivity index (χ1v) is 18.6. The van der Waals surface area contributed by atoms with E-state index in [1.807, 2.05) is 24.3 Å². The van der Waals surface area contributed by atoms with Gasteiger partial charge in [0.2, 0.25) is 5.91 Å². The van der Waals surface area contributed by atoms with Crippen molar-refractivity contribution in [2.24, 2.45) is 16.2 Å². The molecule has 13 heteroatoms. The maximum absolute atomic E-state index is 13.9. The normalized spacial score (nSPS) is 29.7. The second kappa shape index (κ2) is 14.0. The zero-order valence-electron chi connectivity index (χ0n) is 26.9. The summed E-state index contributed by atoms with van der Waals surface area (Å²) < 4.78 is 70.8. The van der Waals surface area contributed by atoms with Crippen LogP contribution >= 0.6 is 11.6 Å². The summed E-state index contributed by atoms with van der Waals surface area (Å²) in [5.41, 5.74) is 2.98. The van der Waals surface area contributed by atoms with Crippen LogP contribution in [0.2, 0.25) is 5.02 Å². The molecule has 2 amide bonds. The van der Waals surface area contributed by atoms with Crippen LogP contribution in [0.5, 0.6) is 5.75 Å². The molecule has 1 N–H and O–H groups in total. The third-order valence-corrected chi connectivity index (χ3v) is 12.3. The van der Waals surface area contributed by atoms with E-state index in [4.69, 9.17) is 21.1 Å². The summed E-state index contributed by atoms with van der Waals surface area (Å²) in [6, 6.07) is 11.1. The zero-order chi connectivity index (χ0) is 34.1. The summed E-state index contributed by atoms with van der Waals surface area (Å²) in [4.78, 5) is 28.4. The van der Waals surface area contributed by atoms with Gasteiger partial charge in [0.15, 0.2) is 0 Å².